The third-order valence-corrected chi connectivity index (χ3v) is 5.62. The summed E-state index contributed by atoms with van der Waals surface area (Å²) in [4.78, 5) is 26.7. The second-order valence-corrected chi connectivity index (χ2v) is 8.32. The van der Waals surface area contributed by atoms with Gasteiger partial charge in [-0.3, -0.25) is 9.69 Å². The quantitative estimate of drug-likeness (QED) is 0.872. The summed E-state index contributed by atoms with van der Waals surface area (Å²) in [5.41, 5.74) is 2.20. The van der Waals surface area contributed by atoms with Crippen molar-refractivity contribution in [2.75, 3.05) is 25.2 Å². The van der Waals surface area contributed by atoms with E-state index in [2.05, 4.69) is 5.32 Å². The van der Waals surface area contributed by atoms with Crippen molar-refractivity contribution in [1.29, 1.82) is 0 Å². The number of fused-ring (bicyclic) bond motifs is 1. The van der Waals surface area contributed by atoms with Crippen molar-refractivity contribution < 1.29 is 22.7 Å². The summed E-state index contributed by atoms with van der Waals surface area (Å²) >= 11 is 0. The van der Waals surface area contributed by atoms with Crippen molar-refractivity contribution in [2.24, 2.45) is 0 Å². The fraction of sp³-hybridized carbons (Fsp3) is 0.263. The summed E-state index contributed by atoms with van der Waals surface area (Å²) in [6, 6.07) is 12.5. The molecule has 2 aromatic rings. The predicted molar refractivity (Wildman–Crippen MR) is 100 cm³/mol. The molecule has 0 bridgehead atoms. The molecule has 1 N–H and O–H groups in total. The largest absolute Gasteiger partial charge is 0.453 e. The summed E-state index contributed by atoms with van der Waals surface area (Å²) in [5, 5.41) is 2.76. The number of nitrogens with zero attached hydrogens (tertiary/aromatic N) is 1. The lowest BCUT2D eigenvalue weighted by Crippen LogP contribution is -2.45. The van der Waals surface area contributed by atoms with Crippen molar-refractivity contribution in [3.05, 3.63) is 59.7 Å². The maximum atomic E-state index is 13.0. The monoisotopic (exact) mass is 388 g/mol. The molecule has 0 unspecified atom stereocenters. The van der Waals surface area contributed by atoms with E-state index in [9.17, 15) is 18.0 Å². The fourth-order valence-electron chi connectivity index (χ4n) is 3.16. The summed E-state index contributed by atoms with van der Waals surface area (Å²) < 4.78 is 27.9. The zero-order valence-electron chi connectivity index (χ0n) is 15.0. The number of carbonyl (C=O) groups is 2. The Bertz CT molecular complexity index is 970. The van der Waals surface area contributed by atoms with Gasteiger partial charge in [0.05, 0.1) is 12.0 Å². The van der Waals surface area contributed by atoms with Crippen LogP contribution in [0.4, 0.5) is 10.5 Å². The number of benzene rings is 2. The molecular weight excluding hydrogens is 368 g/mol. The van der Waals surface area contributed by atoms with Crippen molar-refractivity contribution >= 4 is 27.5 Å². The van der Waals surface area contributed by atoms with E-state index in [4.69, 9.17) is 4.74 Å². The highest BCUT2D eigenvalue weighted by atomic mass is 32.2. The second kappa shape index (κ2) is 7.40. The third-order valence-electron chi connectivity index (χ3n) is 4.49. The average molecular weight is 388 g/mol. The van der Waals surface area contributed by atoms with Crippen LogP contribution in [0.1, 0.15) is 17.2 Å². The van der Waals surface area contributed by atoms with Gasteiger partial charge in [0.25, 0.3) is 5.91 Å². The minimum atomic E-state index is -3.31. The molecule has 8 heteroatoms. The lowest BCUT2D eigenvalue weighted by Gasteiger charge is -2.35. The van der Waals surface area contributed by atoms with E-state index in [1.807, 2.05) is 24.3 Å². The minimum Gasteiger partial charge on any atom is -0.453 e. The topological polar surface area (TPSA) is 92.8 Å². The van der Waals surface area contributed by atoms with Crippen molar-refractivity contribution in [3.8, 4) is 0 Å². The Morgan fingerprint density at radius 1 is 1.11 bits per heavy atom. The molecule has 1 aliphatic heterocycles. The molecule has 0 saturated carbocycles. The highest BCUT2D eigenvalue weighted by Crippen LogP contribution is 2.31. The van der Waals surface area contributed by atoms with Crippen LogP contribution in [0.25, 0.3) is 0 Å². The molecule has 2 aromatic carbocycles. The average Bonchev–Trinajstić information content (AvgIpc) is 2.66. The Morgan fingerprint density at radius 2 is 1.78 bits per heavy atom. The van der Waals surface area contributed by atoms with Crippen LogP contribution in [0.2, 0.25) is 0 Å². The van der Waals surface area contributed by atoms with Gasteiger partial charge in [0.1, 0.15) is 6.04 Å². The molecule has 1 aliphatic rings. The van der Waals surface area contributed by atoms with E-state index in [0.29, 0.717) is 18.7 Å². The lowest BCUT2D eigenvalue weighted by atomic mass is 9.92. The van der Waals surface area contributed by atoms with Crippen LogP contribution in [-0.2, 0) is 25.8 Å². The standard InChI is InChI=1S/C19H20N2O5S/c1-26-19(23)21-12-11-13-5-3-4-6-16(13)17(21)18(22)20-14-7-9-15(10-8-14)27(2,24)25/h3-10,17H,11-12H2,1-2H3,(H,20,22)/t17-/m1/s1. The molecule has 0 radical (unpaired) electrons. The van der Waals surface area contributed by atoms with Gasteiger partial charge in [-0.1, -0.05) is 24.3 Å². The molecule has 1 heterocycles. The number of rotatable bonds is 3. The van der Waals surface area contributed by atoms with E-state index in [0.717, 1.165) is 17.4 Å². The van der Waals surface area contributed by atoms with E-state index >= 15 is 0 Å². The van der Waals surface area contributed by atoms with E-state index < -0.39 is 22.0 Å². The Balaban J connectivity index is 1.89. The highest BCUT2D eigenvalue weighted by molar-refractivity contribution is 7.90. The number of sulfone groups is 1. The first kappa shape index (κ1) is 18.9. The molecule has 2 amide bonds. The summed E-state index contributed by atoms with van der Waals surface area (Å²) in [6.07, 6.45) is 1.18. The van der Waals surface area contributed by atoms with Crippen molar-refractivity contribution in [2.45, 2.75) is 17.4 Å². The molecule has 142 valence electrons. The number of hydrogen-bond donors (Lipinski definition) is 1. The van der Waals surface area contributed by atoms with Crippen LogP contribution in [0, 0.1) is 0 Å². The van der Waals surface area contributed by atoms with Gasteiger partial charge in [-0.15, -0.1) is 0 Å². The molecule has 0 fully saturated rings. The maximum absolute atomic E-state index is 13.0. The molecule has 27 heavy (non-hydrogen) atoms. The normalized spacial score (nSPS) is 16.4. The zero-order valence-corrected chi connectivity index (χ0v) is 15.8. The predicted octanol–water partition coefficient (Wildman–Crippen LogP) is 2.39. The molecule has 1 atom stereocenters. The Kier molecular flexibility index (Phi) is 5.18. The smallest absolute Gasteiger partial charge is 0.410 e. The molecule has 0 spiro atoms. The van der Waals surface area contributed by atoms with Gasteiger partial charge in [-0.2, -0.15) is 0 Å². The van der Waals surface area contributed by atoms with Crippen LogP contribution in [0.3, 0.4) is 0 Å². The molecule has 3 rings (SSSR count). The number of amides is 2. The van der Waals surface area contributed by atoms with Crippen molar-refractivity contribution in [1.82, 2.24) is 4.90 Å². The van der Waals surface area contributed by atoms with Crippen LogP contribution < -0.4 is 5.32 Å². The van der Waals surface area contributed by atoms with Gasteiger partial charge in [0.15, 0.2) is 9.84 Å². The highest BCUT2D eigenvalue weighted by Gasteiger charge is 2.36. The lowest BCUT2D eigenvalue weighted by molar-refractivity contribution is -0.121. The number of nitrogens with one attached hydrogen (secondary N) is 1. The minimum absolute atomic E-state index is 0.166. The SMILES string of the molecule is COC(=O)N1CCc2ccccc2[C@@H]1C(=O)Nc1ccc(S(C)(=O)=O)cc1. The maximum Gasteiger partial charge on any atom is 0.410 e. The molecule has 0 saturated heterocycles. The number of carbonyl (C=O) groups excluding carboxylic acids is 2. The van der Waals surface area contributed by atoms with Crippen LogP contribution in [-0.4, -0.2) is 45.2 Å². The van der Waals surface area contributed by atoms with E-state index in [1.54, 1.807) is 0 Å². The number of anilines is 1. The number of methoxy groups -OCH3 is 1. The zero-order chi connectivity index (χ0) is 19.6. The fourth-order valence-corrected chi connectivity index (χ4v) is 3.79. The molecule has 7 nitrogen and oxygen atoms in total. The summed E-state index contributed by atoms with van der Waals surface area (Å²) in [6.45, 7) is 0.370. The third kappa shape index (κ3) is 3.95. The number of ether oxygens (including phenoxy) is 1. The summed E-state index contributed by atoms with van der Waals surface area (Å²) in [5.74, 6) is -0.389. The van der Waals surface area contributed by atoms with Crippen molar-refractivity contribution in [3.63, 3.8) is 0 Å². The molecular formula is C19H20N2O5S. The van der Waals surface area contributed by atoms with Gasteiger partial charge >= 0.3 is 6.09 Å². The summed E-state index contributed by atoms with van der Waals surface area (Å²) in [7, 11) is -2.03. The van der Waals surface area contributed by atoms with E-state index in [-0.39, 0.29) is 10.8 Å². The first-order valence-electron chi connectivity index (χ1n) is 8.34. The Labute approximate surface area is 157 Å². The van der Waals surface area contributed by atoms with Gasteiger partial charge in [0, 0.05) is 18.5 Å². The van der Waals surface area contributed by atoms with Gasteiger partial charge in [-0.25, -0.2) is 13.2 Å². The Hall–Kier alpha value is -2.87. The number of hydrogen-bond acceptors (Lipinski definition) is 5. The van der Waals surface area contributed by atoms with Gasteiger partial charge < -0.3 is 10.1 Å². The second-order valence-electron chi connectivity index (χ2n) is 6.30. The Morgan fingerprint density at radius 3 is 2.41 bits per heavy atom. The first-order chi connectivity index (χ1) is 12.8. The molecule has 0 aromatic heterocycles. The van der Waals surface area contributed by atoms with Crippen LogP contribution >= 0.6 is 0 Å². The van der Waals surface area contributed by atoms with Crippen LogP contribution in [0.15, 0.2) is 53.4 Å². The van der Waals surface area contributed by atoms with Gasteiger partial charge in [-0.05, 0) is 41.8 Å². The van der Waals surface area contributed by atoms with E-state index in [1.165, 1.54) is 36.3 Å². The van der Waals surface area contributed by atoms with Crippen LogP contribution in [0.5, 0.6) is 0 Å². The van der Waals surface area contributed by atoms with Gasteiger partial charge in [0.2, 0.25) is 0 Å². The molecule has 0 aliphatic carbocycles. The first-order valence-corrected chi connectivity index (χ1v) is 10.2.